The van der Waals surface area contributed by atoms with E-state index in [1.807, 2.05) is 32.0 Å². The number of benzene rings is 2. The van der Waals surface area contributed by atoms with E-state index < -0.39 is 0 Å². The highest BCUT2D eigenvalue weighted by Crippen LogP contribution is 2.31. The Bertz CT molecular complexity index is 1080. The maximum Gasteiger partial charge on any atom is 0.0849 e. The molecule has 1 aromatic heterocycles. The van der Waals surface area contributed by atoms with E-state index in [-0.39, 0.29) is 0 Å². The number of aryl methyl sites for hydroxylation is 4. The van der Waals surface area contributed by atoms with Crippen molar-refractivity contribution < 1.29 is 0 Å². The lowest BCUT2D eigenvalue weighted by Crippen LogP contribution is -2.05. The van der Waals surface area contributed by atoms with Gasteiger partial charge in [-0.2, -0.15) is 0 Å². The average molecular weight is 448 g/mol. The number of aliphatic imine (C=N–C) groups is 2. The summed E-state index contributed by atoms with van der Waals surface area (Å²) in [5.41, 5.74) is 10.1. The van der Waals surface area contributed by atoms with Crippen LogP contribution in [-0.4, -0.2) is 16.4 Å². The van der Waals surface area contributed by atoms with Gasteiger partial charge in [0.25, 0.3) is 0 Å². The van der Waals surface area contributed by atoms with Gasteiger partial charge in [-0.05, 0) is 97.9 Å². The molecule has 0 spiro atoms. The lowest BCUT2D eigenvalue weighted by atomic mass is 10.1. The molecule has 0 aliphatic rings. The Kier molecular flexibility index (Phi) is 6.43. The molecule has 3 nitrogen and oxygen atoms in total. The van der Waals surface area contributed by atoms with Gasteiger partial charge in [-0.3, -0.25) is 9.98 Å². The first-order valence-electron chi connectivity index (χ1n) is 9.67. The topological polar surface area (TPSA) is 37.6 Å². The molecule has 0 fully saturated rings. The smallest absolute Gasteiger partial charge is 0.0849 e. The Hall–Kier alpha value is -2.59. The molecule has 29 heavy (non-hydrogen) atoms. The third-order valence-electron chi connectivity index (χ3n) is 4.89. The second kappa shape index (κ2) is 8.83. The zero-order chi connectivity index (χ0) is 21.1. The van der Waals surface area contributed by atoms with Gasteiger partial charge < -0.3 is 0 Å². The first-order valence-corrected chi connectivity index (χ1v) is 10.5. The monoisotopic (exact) mass is 447 g/mol. The molecule has 148 valence electrons. The highest BCUT2D eigenvalue weighted by molar-refractivity contribution is 9.10. The summed E-state index contributed by atoms with van der Waals surface area (Å²) in [6.45, 7) is 12.3. The maximum absolute atomic E-state index is 4.86. The third kappa shape index (κ3) is 4.88. The van der Waals surface area contributed by atoms with Crippen LogP contribution >= 0.6 is 15.9 Å². The van der Waals surface area contributed by atoms with E-state index in [0.29, 0.717) is 0 Å². The van der Waals surface area contributed by atoms with E-state index in [1.165, 1.54) is 5.56 Å². The van der Waals surface area contributed by atoms with Gasteiger partial charge >= 0.3 is 0 Å². The zero-order valence-corrected chi connectivity index (χ0v) is 19.4. The van der Waals surface area contributed by atoms with Gasteiger partial charge in [0.15, 0.2) is 0 Å². The lowest BCUT2D eigenvalue weighted by Gasteiger charge is -2.09. The summed E-state index contributed by atoms with van der Waals surface area (Å²) in [5, 5.41) is 0. The summed E-state index contributed by atoms with van der Waals surface area (Å²) in [4.78, 5) is 14.5. The molecule has 0 aliphatic carbocycles. The molecule has 3 aromatic rings. The Morgan fingerprint density at radius 3 is 1.79 bits per heavy atom. The van der Waals surface area contributed by atoms with Crippen LogP contribution in [-0.2, 0) is 0 Å². The zero-order valence-electron chi connectivity index (χ0n) is 17.8. The average Bonchev–Trinajstić information content (AvgIpc) is 2.67. The number of hydrogen-bond donors (Lipinski definition) is 0. The largest absolute Gasteiger partial charge is 0.251 e. The van der Waals surface area contributed by atoms with E-state index in [1.54, 1.807) is 0 Å². The van der Waals surface area contributed by atoms with Crippen LogP contribution in [0.2, 0.25) is 0 Å². The predicted octanol–water partition coefficient (Wildman–Crippen LogP) is 7.36. The van der Waals surface area contributed by atoms with E-state index in [0.717, 1.165) is 55.3 Å². The molecule has 0 aliphatic heterocycles. The fourth-order valence-electron chi connectivity index (χ4n) is 3.32. The first-order chi connectivity index (χ1) is 13.8. The molecule has 0 saturated carbocycles. The van der Waals surface area contributed by atoms with Gasteiger partial charge in [0, 0.05) is 4.47 Å². The predicted molar refractivity (Wildman–Crippen MR) is 128 cm³/mol. The summed E-state index contributed by atoms with van der Waals surface area (Å²) < 4.78 is 0.998. The van der Waals surface area contributed by atoms with Gasteiger partial charge in [0.1, 0.15) is 0 Å². The number of aromatic nitrogens is 1. The molecule has 4 heteroatoms. The van der Waals surface area contributed by atoms with Gasteiger partial charge in [-0.15, -0.1) is 0 Å². The van der Waals surface area contributed by atoms with Gasteiger partial charge in [0.2, 0.25) is 0 Å². The number of hydrogen-bond acceptors (Lipinski definition) is 3. The van der Waals surface area contributed by atoms with Crippen LogP contribution in [0.3, 0.4) is 0 Å². The van der Waals surface area contributed by atoms with E-state index >= 15 is 0 Å². The van der Waals surface area contributed by atoms with Gasteiger partial charge in [0.05, 0.1) is 34.2 Å². The fourth-order valence-corrected chi connectivity index (χ4v) is 4.08. The van der Waals surface area contributed by atoms with Crippen LogP contribution in [0.25, 0.3) is 0 Å². The molecular formula is C25H26BrN3. The standard InChI is InChI=1S/C25H26BrN3/c1-15-13-18(4)25(21(26)14-15)28-20(6)23-12-8-11-22(29-23)19(5)27-24-16(2)9-7-10-17(24)3/h7-14H,1-6H3/b27-19+,28-20+. The Morgan fingerprint density at radius 1 is 0.724 bits per heavy atom. The summed E-state index contributed by atoms with van der Waals surface area (Å²) in [6, 6.07) is 16.5. The van der Waals surface area contributed by atoms with E-state index in [9.17, 15) is 0 Å². The Balaban J connectivity index is 1.98. The molecule has 1 heterocycles. The number of rotatable bonds is 4. The van der Waals surface area contributed by atoms with Crippen molar-refractivity contribution in [1.29, 1.82) is 0 Å². The number of para-hydroxylation sites is 1. The van der Waals surface area contributed by atoms with Crippen LogP contribution in [0, 0.1) is 27.7 Å². The van der Waals surface area contributed by atoms with Gasteiger partial charge in [-0.25, -0.2) is 4.98 Å². The molecule has 0 amide bonds. The maximum atomic E-state index is 4.86. The number of pyridine rings is 1. The first kappa shape index (κ1) is 21.1. The lowest BCUT2D eigenvalue weighted by molar-refractivity contribution is 1.23. The molecule has 3 rings (SSSR count). The minimum Gasteiger partial charge on any atom is -0.251 e. The van der Waals surface area contributed by atoms with Crippen molar-refractivity contribution >= 4 is 38.7 Å². The Morgan fingerprint density at radius 2 is 1.24 bits per heavy atom. The fraction of sp³-hybridized carbons (Fsp3) is 0.240. The minimum absolute atomic E-state index is 0.852. The quantitative estimate of drug-likeness (QED) is 0.384. The normalized spacial score (nSPS) is 12.4. The second-order valence-electron chi connectivity index (χ2n) is 7.46. The van der Waals surface area contributed by atoms with Crippen molar-refractivity contribution in [3.8, 4) is 0 Å². The van der Waals surface area contributed by atoms with Gasteiger partial charge in [-0.1, -0.05) is 30.3 Å². The van der Waals surface area contributed by atoms with Crippen molar-refractivity contribution in [3.05, 3.63) is 86.6 Å². The van der Waals surface area contributed by atoms with Crippen molar-refractivity contribution in [3.63, 3.8) is 0 Å². The van der Waals surface area contributed by atoms with Crippen LogP contribution in [0.5, 0.6) is 0 Å². The highest BCUT2D eigenvalue weighted by atomic mass is 79.9. The molecule has 0 radical (unpaired) electrons. The molecule has 0 saturated heterocycles. The van der Waals surface area contributed by atoms with Crippen LogP contribution in [0.4, 0.5) is 11.4 Å². The third-order valence-corrected chi connectivity index (χ3v) is 5.49. The van der Waals surface area contributed by atoms with Crippen molar-refractivity contribution in [1.82, 2.24) is 4.98 Å². The molecule has 2 aromatic carbocycles. The second-order valence-corrected chi connectivity index (χ2v) is 8.31. The van der Waals surface area contributed by atoms with E-state index in [4.69, 9.17) is 15.0 Å². The summed E-state index contributed by atoms with van der Waals surface area (Å²) in [6.07, 6.45) is 0. The van der Waals surface area contributed by atoms with Crippen LogP contribution < -0.4 is 0 Å². The molecule has 0 atom stereocenters. The summed E-state index contributed by atoms with van der Waals surface area (Å²) >= 11 is 3.64. The molecule has 0 unspecified atom stereocenters. The number of nitrogens with zero attached hydrogens (tertiary/aromatic N) is 3. The van der Waals surface area contributed by atoms with E-state index in [2.05, 4.69) is 74.0 Å². The van der Waals surface area contributed by atoms with Crippen molar-refractivity contribution in [2.24, 2.45) is 9.98 Å². The highest BCUT2D eigenvalue weighted by Gasteiger charge is 2.09. The molecular weight excluding hydrogens is 422 g/mol. The summed E-state index contributed by atoms with van der Waals surface area (Å²) in [5.74, 6) is 0. The number of halogens is 1. The minimum atomic E-state index is 0.852. The van der Waals surface area contributed by atoms with Crippen LogP contribution in [0.15, 0.2) is 63.0 Å². The molecule has 0 bridgehead atoms. The molecule has 0 N–H and O–H groups in total. The summed E-state index contributed by atoms with van der Waals surface area (Å²) in [7, 11) is 0. The van der Waals surface area contributed by atoms with Crippen LogP contribution in [0.1, 0.15) is 47.5 Å². The SMILES string of the molecule is C/C(=N\c1c(C)cccc1C)c1cccc(/C(C)=N/c2c(C)cc(C)cc2Br)n1. The Labute approximate surface area is 181 Å². The van der Waals surface area contributed by atoms with Crippen molar-refractivity contribution in [2.75, 3.05) is 0 Å². The van der Waals surface area contributed by atoms with Crippen molar-refractivity contribution in [2.45, 2.75) is 41.5 Å².